The van der Waals surface area contributed by atoms with E-state index >= 15 is 0 Å². The zero-order chi connectivity index (χ0) is 23.0. The molecule has 4 aliphatic carbocycles. The van der Waals surface area contributed by atoms with Gasteiger partial charge in [-0.3, -0.25) is 9.59 Å². The van der Waals surface area contributed by atoms with Crippen LogP contribution in [0.1, 0.15) is 67.4 Å². The van der Waals surface area contributed by atoms with Crippen molar-refractivity contribution in [2.45, 2.75) is 61.9 Å². The number of hydrogen-bond acceptors (Lipinski definition) is 3. The molecule has 2 aromatic rings. The van der Waals surface area contributed by atoms with Crippen molar-refractivity contribution in [2.75, 3.05) is 5.75 Å². The average molecular weight is 483 g/mol. The van der Waals surface area contributed by atoms with Gasteiger partial charge in [0.25, 0.3) is 5.91 Å². The maximum absolute atomic E-state index is 13.0. The first-order chi connectivity index (χ1) is 15.9. The number of carbonyl (C=O) groups is 2. The second-order valence-corrected chi connectivity index (χ2v) is 11.7. The van der Waals surface area contributed by atoms with Gasteiger partial charge in [-0.25, -0.2) is 0 Å². The Balaban J connectivity index is 1.21. The molecule has 4 bridgehead atoms. The highest BCUT2D eigenvalue weighted by molar-refractivity contribution is 8.00. The van der Waals surface area contributed by atoms with Crippen molar-refractivity contribution in [3.05, 3.63) is 64.7 Å². The van der Waals surface area contributed by atoms with E-state index < -0.39 is 0 Å². The van der Waals surface area contributed by atoms with Gasteiger partial charge in [-0.2, -0.15) is 0 Å². The lowest BCUT2D eigenvalue weighted by atomic mass is 9.53. The quantitative estimate of drug-likeness (QED) is 0.475. The Hall–Kier alpha value is -1.98. The van der Waals surface area contributed by atoms with Crippen molar-refractivity contribution in [1.82, 2.24) is 10.6 Å². The van der Waals surface area contributed by atoms with Gasteiger partial charge in [-0.15, -0.1) is 11.8 Å². The Morgan fingerprint density at radius 2 is 1.61 bits per heavy atom. The Labute approximate surface area is 205 Å². The third kappa shape index (κ3) is 4.95. The van der Waals surface area contributed by atoms with Gasteiger partial charge in [0.1, 0.15) is 0 Å². The van der Waals surface area contributed by atoms with Crippen LogP contribution in [0.4, 0.5) is 0 Å². The monoisotopic (exact) mass is 482 g/mol. The molecule has 2 N–H and O–H groups in total. The predicted octanol–water partition coefficient (Wildman–Crippen LogP) is 6.01. The van der Waals surface area contributed by atoms with Crippen LogP contribution in [0.25, 0.3) is 0 Å². The minimum absolute atomic E-state index is 0.0215. The first-order valence-corrected chi connectivity index (χ1v) is 13.4. The zero-order valence-corrected chi connectivity index (χ0v) is 20.6. The SMILES string of the molecule is C[C@H](NC(=O)c1ccccc1SCC(=O)NC12CC3CC(CC(C3)C1)C2)c1ccccc1Cl. The van der Waals surface area contributed by atoms with Gasteiger partial charge in [0.05, 0.1) is 17.4 Å². The smallest absolute Gasteiger partial charge is 0.252 e. The van der Waals surface area contributed by atoms with Crippen LogP contribution in [0.15, 0.2) is 53.4 Å². The van der Waals surface area contributed by atoms with Crippen LogP contribution in [0.5, 0.6) is 0 Å². The van der Waals surface area contributed by atoms with Gasteiger partial charge in [0.2, 0.25) is 5.91 Å². The van der Waals surface area contributed by atoms with Crippen LogP contribution >= 0.6 is 23.4 Å². The number of carbonyl (C=O) groups excluding carboxylic acids is 2. The van der Waals surface area contributed by atoms with E-state index in [-0.39, 0.29) is 23.4 Å². The fourth-order valence-electron chi connectivity index (χ4n) is 6.70. The number of rotatable bonds is 7. The summed E-state index contributed by atoms with van der Waals surface area (Å²) in [4.78, 5) is 26.8. The molecule has 2 amide bonds. The third-order valence-electron chi connectivity index (χ3n) is 7.65. The zero-order valence-electron chi connectivity index (χ0n) is 19.0. The number of halogens is 1. The van der Waals surface area contributed by atoms with Gasteiger partial charge in [0, 0.05) is 15.5 Å². The summed E-state index contributed by atoms with van der Waals surface area (Å²) in [7, 11) is 0. The molecule has 0 spiro atoms. The maximum atomic E-state index is 13.0. The molecule has 1 atom stereocenters. The third-order valence-corrected chi connectivity index (χ3v) is 9.07. The average Bonchev–Trinajstić information content (AvgIpc) is 2.77. The van der Waals surface area contributed by atoms with Crippen molar-refractivity contribution in [3.63, 3.8) is 0 Å². The summed E-state index contributed by atoms with van der Waals surface area (Å²) in [5.41, 5.74) is 1.49. The highest BCUT2D eigenvalue weighted by atomic mass is 35.5. The minimum Gasteiger partial charge on any atom is -0.350 e. The normalized spacial score (nSPS) is 28.4. The van der Waals surface area contributed by atoms with Crippen LogP contribution in [0.3, 0.4) is 0 Å². The molecule has 4 fully saturated rings. The Bertz CT molecular complexity index is 1020. The molecule has 0 saturated heterocycles. The summed E-state index contributed by atoms with van der Waals surface area (Å²) >= 11 is 7.73. The molecule has 0 aliphatic heterocycles. The summed E-state index contributed by atoms with van der Waals surface area (Å²) in [6.45, 7) is 1.92. The highest BCUT2D eigenvalue weighted by Crippen LogP contribution is 2.55. The van der Waals surface area contributed by atoms with E-state index in [1.807, 2.05) is 55.5 Å². The first-order valence-electron chi connectivity index (χ1n) is 12.0. The summed E-state index contributed by atoms with van der Waals surface area (Å²) in [6, 6.07) is 14.8. The molecule has 6 rings (SSSR count). The molecule has 174 valence electrons. The van der Waals surface area contributed by atoms with Crippen molar-refractivity contribution >= 4 is 35.2 Å². The molecule has 0 aromatic heterocycles. The molecule has 0 heterocycles. The molecule has 2 aromatic carbocycles. The standard InChI is InChI=1S/C27H31ClN2O2S/c1-17(21-6-2-4-8-23(21)28)29-26(32)22-7-3-5-9-24(22)33-16-25(31)30-27-13-18-10-19(14-27)12-20(11-18)15-27/h2-9,17-20H,10-16H2,1H3,(H,29,32)(H,30,31)/t17-,18?,19?,20?,27?/m0/s1. The molecule has 4 aliphatic rings. The van der Waals surface area contributed by atoms with Crippen molar-refractivity contribution in [2.24, 2.45) is 17.8 Å². The molecule has 0 radical (unpaired) electrons. The van der Waals surface area contributed by atoms with Crippen molar-refractivity contribution < 1.29 is 9.59 Å². The van der Waals surface area contributed by atoms with Gasteiger partial charge in [-0.05, 0) is 87.0 Å². The summed E-state index contributed by atoms with van der Waals surface area (Å²) in [5, 5.41) is 7.11. The van der Waals surface area contributed by atoms with Crippen LogP contribution < -0.4 is 10.6 Å². The lowest BCUT2D eigenvalue weighted by Crippen LogP contribution is -2.60. The van der Waals surface area contributed by atoms with Crippen LogP contribution in [-0.4, -0.2) is 23.1 Å². The first kappa shape index (κ1) is 22.8. The van der Waals surface area contributed by atoms with Gasteiger partial charge in [0.15, 0.2) is 0 Å². The lowest BCUT2D eigenvalue weighted by Gasteiger charge is -2.56. The summed E-state index contributed by atoms with van der Waals surface area (Å²) in [6.07, 6.45) is 7.52. The number of nitrogens with one attached hydrogen (secondary N) is 2. The lowest BCUT2D eigenvalue weighted by molar-refractivity contribution is -0.124. The fourth-order valence-corrected chi connectivity index (χ4v) is 7.85. The van der Waals surface area contributed by atoms with E-state index in [0.717, 1.165) is 47.5 Å². The Morgan fingerprint density at radius 1 is 1.00 bits per heavy atom. The molecule has 4 saturated carbocycles. The molecule has 0 unspecified atom stereocenters. The van der Waals surface area contributed by atoms with E-state index in [1.165, 1.54) is 31.0 Å². The number of thioether (sulfide) groups is 1. The maximum Gasteiger partial charge on any atom is 0.252 e. The van der Waals surface area contributed by atoms with Crippen LogP contribution in [-0.2, 0) is 4.79 Å². The van der Waals surface area contributed by atoms with E-state index in [4.69, 9.17) is 11.6 Å². The second kappa shape index (κ2) is 9.34. The number of hydrogen-bond donors (Lipinski definition) is 2. The van der Waals surface area contributed by atoms with Crippen LogP contribution in [0.2, 0.25) is 5.02 Å². The summed E-state index contributed by atoms with van der Waals surface area (Å²) < 4.78 is 0. The van der Waals surface area contributed by atoms with Crippen LogP contribution in [0, 0.1) is 17.8 Å². The van der Waals surface area contributed by atoms with Gasteiger partial charge in [-0.1, -0.05) is 41.9 Å². The number of benzene rings is 2. The number of amides is 2. The largest absolute Gasteiger partial charge is 0.350 e. The van der Waals surface area contributed by atoms with E-state index in [0.29, 0.717) is 16.3 Å². The van der Waals surface area contributed by atoms with E-state index in [9.17, 15) is 9.59 Å². The molecular weight excluding hydrogens is 452 g/mol. The topological polar surface area (TPSA) is 58.2 Å². The van der Waals surface area contributed by atoms with E-state index in [1.54, 1.807) is 0 Å². The summed E-state index contributed by atoms with van der Waals surface area (Å²) in [5.74, 6) is 2.65. The minimum atomic E-state index is -0.219. The molecule has 33 heavy (non-hydrogen) atoms. The van der Waals surface area contributed by atoms with Gasteiger partial charge < -0.3 is 10.6 Å². The van der Waals surface area contributed by atoms with Crippen molar-refractivity contribution in [3.8, 4) is 0 Å². The van der Waals surface area contributed by atoms with Gasteiger partial charge >= 0.3 is 0 Å². The predicted molar refractivity (Wildman–Crippen MR) is 134 cm³/mol. The highest BCUT2D eigenvalue weighted by Gasteiger charge is 2.51. The fraction of sp³-hybridized carbons (Fsp3) is 0.481. The van der Waals surface area contributed by atoms with E-state index in [2.05, 4.69) is 10.6 Å². The molecule has 6 heteroatoms. The molecule has 4 nitrogen and oxygen atoms in total. The second-order valence-electron chi connectivity index (χ2n) is 10.2. The molecular formula is C27H31ClN2O2S. The Morgan fingerprint density at radius 3 is 2.27 bits per heavy atom. The Kier molecular flexibility index (Phi) is 6.45. The van der Waals surface area contributed by atoms with Crippen molar-refractivity contribution in [1.29, 1.82) is 0 Å².